The molecular weight excluding hydrogens is 360 g/mol. The van der Waals surface area contributed by atoms with Crippen LogP contribution < -0.4 is 16.4 Å². The molecule has 3 aromatic rings. The van der Waals surface area contributed by atoms with Crippen LogP contribution >= 0.6 is 0 Å². The first-order valence-electron chi connectivity index (χ1n) is 7.91. The lowest BCUT2D eigenvalue weighted by molar-refractivity contribution is -0.385. The number of H-pyrrole nitrogens is 3. The van der Waals surface area contributed by atoms with Gasteiger partial charge in [0.05, 0.1) is 16.0 Å². The minimum absolute atomic E-state index is 0.0360. The summed E-state index contributed by atoms with van der Waals surface area (Å²) in [5.74, 6) is -0.538. The Bertz CT molecular complexity index is 1180. The van der Waals surface area contributed by atoms with E-state index >= 15 is 0 Å². The largest absolute Gasteiger partial charge is 0.316 e. The summed E-state index contributed by atoms with van der Waals surface area (Å²) in [4.78, 5) is 51.1. The predicted molar refractivity (Wildman–Crippen MR) is 90.2 cm³/mol. The van der Waals surface area contributed by atoms with E-state index in [0.717, 1.165) is 0 Å². The lowest BCUT2D eigenvalue weighted by Gasteiger charge is -2.07. The molecule has 4 rings (SSSR count). The van der Waals surface area contributed by atoms with Gasteiger partial charge in [0.1, 0.15) is 0 Å². The Morgan fingerprint density at radius 1 is 1.26 bits per heavy atom. The van der Waals surface area contributed by atoms with Crippen LogP contribution in [0, 0.1) is 16.0 Å². The molecule has 0 saturated heterocycles. The van der Waals surface area contributed by atoms with E-state index in [2.05, 4.69) is 35.9 Å². The number of amides is 1. The lowest BCUT2D eigenvalue weighted by Crippen LogP contribution is -2.29. The number of hydrogen-bond acceptors (Lipinski definition) is 8. The Balaban J connectivity index is 1.68. The molecule has 1 aliphatic rings. The van der Waals surface area contributed by atoms with Gasteiger partial charge in [-0.3, -0.25) is 29.8 Å². The number of fused-ring (bicyclic) bond motifs is 3. The summed E-state index contributed by atoms with van der Waals surface area (Å²) in [6, 6.07) is 1.23. The van der Waals surface area contributed by atoms with Gasteiger partial charge < -0.3 is 9.97 Å². The van der Waals surface area contributed by atoms with Gasteiger partial charge in [0.25, 0.3) is 11.6 Å². The third kappa shape index (κ3) is 2.94. The van der Waals surface area contributed by atoms with Gasteiger partial charge in [0.15, 0.2) is 0 Å². The van der Waals surface area contributed by atoms with Crippen molar-refractivity contribution in [3.63, 3.8) is 0 Å². The minimum Gasteiger partial charge on any atom is -0.316 e. The number of nitrogens with one attached hydrogen (secondary N) is 4. The number of anilines is 1. The number of carbonyl (C=O) groups is 1. The molecule has 0 fully saturated rings. The Hall–Kier alpha value is -3.90. The lowest BCUT2D eigenvalue weighted by atomic mass is 10.0. The number of nitro groups is 1. The van der Waals surface area contributed by atoms with Crippen molar-refractivity contribution in [2.24, 2.45) is 5.92 Å². The quantitative estimate of drug-likeness (QED) is 0.264. The van der Waals surface area contributed by atoms with E-state index in [4.69, 9.17) is 0 Å². The molecule has 0 radical (unpaired) electrons. The fourth-order valence-corrected chi connectivity index (χ4v) is 3.42. The summed E-state index contributed by atoms with van der Waals surface area (Å²) < 4.78 is 0. The number of tetrazole rings is 1. The van der Waals surface area contributed by atoms with Crippen molar-refractivity contribution in [3.05, 3.63) is 48.0 Å². The van der Waals surface area contributed by atoms with E-state index in [1.54, 1.807) is 0 Å². The van der Waals surface area contributed by atoms with Crippen LogP contribution in [0.2, 0.25) is 0 Å². The molecule has 0 saturated carbocycles. The van der Waals surface area contributed by atoms with Gasteiger partial charge >= 0.3 is 11.1 Å². The molecular formula is C14H12N8O5. The number of rotatable bonds is 4. The van der Waals surface area contributed by atoms with E-state index < -0.39 is 16.0 Å². The number of carbonyl (C=O) groups excluding carboxylic acids is 1. The highest BCUT2D eigenvalue weighted by Crippen LogP contribution is 2.38. The molecule has 2 aromatic heterocycles. The van der Waals surface area contributed by atoms with Crippen LogP contribution in [-0.2, 0) is 17.6 Å². The van der Waals surface area contributed by atoms with Gasteiger partial charge in [-0.15, -0.1) is 5.10 Å². The molecule has 1 aromatic carbocycles. The molecule has 2 heterocycles. The summed E-state index contributed by atoms with van der Waals surface area (Å²) in [7, 11) is 0. The number of aromatic amines is 3. The van der Waals surface area contributed by atoms with Crippen LogP contribution in [0.4, 0.5) is 11.6 Å². The third-order valence-electron chi connectivity index (χ3n) is 4.47. The minimum atomic E-state index is -0.884. The van der Waals surface area contributed by atoms with Crippen LogP contribution in [0.5, 0.6) is 0 Å². The summed E-state index contributed by atoms with van der Waals surface area (Å²) in [6.07, 6.45) is 0.715. The first-order chi connectivity index (χ1) is 12.9. The molecule has 4 N–H and O–H groups in total. The van der Waals surface area contributed by atoms with Gasteiger partial charge in [-0.1, -0.05) is 5.10 Å². The number of nitro benzene ring substituents is 1. The highest BCUT2D eigenvalue weighted by molar-refractivity contribution is 5.89. The van der Waals surface area contributed by atoms with Crippen LogP contribution in [0.1, 0.15) is 17.5 Å². The maximum Gasteiger partial charge on any atom is 0.314 e. The molecule has 1 unspecified atom stereocenters. The molecule has 1 amide bonds. The highest BCUT2D eigenvalue weighted by Gasteiger charge is 2.32. The molecule has 27 heavy (non-hydrogen) atoms. The molecule has 1 atom stereocenters. The second-order valence-corrected chi connectivity index (χ2v) is 6.20. The summed E-state index contributed by atoms with van der Waals surface area (Å²) in [5.41, 5.74) is -0.329. The van der Waals surface area contributed by atoms with Crippen molar-refractivity contribution >= 4 is 28.6 Å². The van der Waals surface area contributed by atoms with E-state index in [-0.39, 0.29) is 35.4 Å². The number of aromatic nitrogens is 6. The van der Waals surface area contributed by atoms with Gasteiger partial charge in [-0.05, 0) is 29.5 Å². The van der Waals surface area contributed by atoms with E-state index in [1.165, 1.54) is 6.07 Å². The molecule has 0 bridgehead atoms. The maximum absolute atomic E-state index is 12.1. The topological polar surface area (TPSA) is 192 Å². The second kappa shape index (κ2) is 6.12. The molecule has 138 valence electrons. The van der Waals surface area contributed by atoms with Crippen molar-refractivity contribution in [2.75, 3.05) is 5.32 Å². The van der Waals surface area contributed by atoms with Crippen molar-refractivity contribution in [1.82, 2.24) is 30.6 Å². The van der Waals surface area contributed by atoms with Crippen LogP contribution in [0.15, 0.2) is 15.7 Å². The number of benzene rings is 1. The normalized spacial score (nSPS) is 15.6. The summed E-state index contributed by atoms with van der Waals surface area (Å²) in [6.45, 7) is 0. The van der Waals surface area contributed by atoms with Gasteiger partial charge in [-0.2, -0.15) is 5.21 Å². The second-order valence-electron chi connectivity index (χ2n) is 6.20. The molecule has 0 aliphatic heterocycles. The Morgan fingerprint density at radius 3 is 2.70 bits per heavy atom. The zero-order chi connectivity index (χ0) is 19.1. The van der Waals surface area contributed by atoms with Crippen molar-refractivity contribution in [2.45, 2.75) is 19.3 Å². The summed E-state index contributed by atoms with van der Waals surface area (Å²) in [5, 5.41) is 26.7. The van der Waals surface area contributed by atoms with Gasteiger partial charge in [0.2, 0.25) is 5.91 Å². The number of nitrogens with zero attached hydrogens (tertiary/aromatic N) is 4. The van der Waals surface area contributed by atoms with Crippen molar-refractivity contribution in [1.29, 1.82) is 0 Å². The fourth-order valence-electron chi connectivity index (χ4n) is 3.42. The van der Waals surface area contributed by atoms with Crippen LogP contribution in [0.3, 0.4) is 0 Å². The van der Waals surface area contributed by atoms with Crippen LogP contribution in [0.25, 0.3) is 11.0 Å². The van der Waals surface area contributed by atoms with Gasteiger partial charge in [-0.25, -0.2) is 0 Å². The summed E-state index contributed by atoms with van der Waals surface area (Å²) >= 11 is 0. The molecule has 1 aliphatic carbocycles. The first-order valence-corrected chi connectivity index (χ1v) is 7.91. The number of hydrogen-bond donors (Lipinski definition) is 4. The average Bonchev–Trinajstić information content (AvgIpc) is 3.25. The average molecular weight is 372 g/mol. The van der Waals surface area contributed by atoms with Crippen LogP contribution in [-0.4, -0.2) is 41.4 Å². The predicted octanol–water partition coefficient (Wildman–Crippen LogP) is -0.619. The zero-order valence-corrected chi connectivity index (χ0v) is 13.6. The molecule has 0 spiro atoms. The van der Waals surface area contributed by atoms with E-state index in [0.29, 0.717) is 29.5 Å². The standard InChI is InChI=1S/C14H12N8O5/c23-10(16-14-18-20-21-19-14)3-5-1-6-7(2-5)11-8(4-9(6)22(26)27)15-12(24)13(25)17-11/h4-5H,1-3H2,(H,15,24)(H,17,25)(H2,16,18,19,20,21,23). The Kier molecular flexibility index (Phi) is 3.75. The zero-order valence-electron chi connectivity index (χ0n) is 13.6. The van der Waals surface area contributed by atoms with Crippen molar-refractivity contribution in [3.8, 4) is 0 Å². The highest BCUT2D eigenvalue weighted by atomic mass is 16.6. The third-order valence-corrected chi connectivity index (χ3v) is 4.47. The fraction of sp³-hybridized carbons (Fsp3) is 0.286. The monoisotopic (exact) mass is 372 g/mol. The SMILES string of the molecule is O=C(CC1Cc2c([N+](=O)[O-])cc3[nH]c(=O)c(=O)[nH]c3c2C1)Nc1nn[nH]n1. The smallest absolute Gasteiger partial charge is 0.314 e. The van der Waals surface area contributed by atoms with Crippen molar-refractivity contribution < 1.29 is 9.72 Å². The van der Waals surface area contributed by atoms with E-state index in [9.17, 15) is 24.5 Å². The Labute approximate surface area is 148 Å². The molecule has 13 heteroatoms. The van der Waals surface area contributed by atoms with E-state index in [1.807, 2.05) is 0 Å². The molecule has 13 nitrogen and oxygen atoms in total. The maximum atomic E-state index is 12.1. The van der Waals surface area contributed by atoms with Gasteiger partial charge in [0, 0.05) is 18.1 Å². The Morgan fingerprint density at radius 2 is 2.00 bits per heavy atom. The first kappa shape index (κ1) is 16.6.